The fourth-order valence-electron chi connectivity index (χ4n) is 3.30. The molecule has 31 heavy (non-hydrogen) atoms. The van der Waals surface area contributed by atoms with Crippen molar-refractivity contribution in [2.24, 2.45) is 0 Å². The summed E-state index contributed by atoms with van der Waals surface area (Å²) >= 11 is 5.77. The van der Waals surface area contributed by atoms with E-state index in [-0.39, 0.29) is 0 Å². The lowest BCUT2D eigenvalue weighted by atomic mass is 10.1. The number of hydrogen-bond donors (Lipinski definition) is 1. The van der Waals surface area contributed by atoms with Crippen molar-refractivity contribution in [2.45, 2.75) is 33.0 Å². The molecular weight excluding hydrogens is 408 g/mol. The Labute approximate surface area is 189 Å². The van der Waals surface area contributed by atoms with Crippen molar-refractivity contribution >= 4 is 17.3 Å². The maximum absolute atomic E-state index is 5.77. The zero-order valence-corrected chi connectivity index (χ0v) is 19.2. The van der Waals surface area contributed by atoms with Gasteiger partial charge in [-0.2, -0.15) is 0 Å². The molecule has 0 fully saturated rings. The van der Waals surface area contributed by atoms with Gasteiger partial charge in [0.1, 0.15) is 11.5 Å². The fourth-order valence-corrected chi connectivity index (χ4v) is 3.53. The van der Waals surface area contributed by atoms with Crippen molar-refractivity contribution in [1.29, 1.82) is 0 Å². The van der Waals surface area contributed by atoms with E-state index in [1.807, 2.05) is 30.7 Å². The van der Waals surface area contributed by atoms with Crippen LogP contribution in [0.25, 0.3) is 0 Å². The second-order valence-electron chi connectivity index (χ2n) is 7.40. The second-order valence-corrected chi connectivity index (χ2v) is 7.78. The highest BCUT2D eigenvalue weighted by molar-refractivity contribution is 7.80. The number of rotatable bonds is 10. The quantitative estimate of drug-likeness (QED) is 0.480. The third-order valence-corrected chi connectivity index (χ3v) is 5.51. The van der Waals surface area contributed by atoms with E-state index < -0.39 is 0 Å². The average Bonchev–Trinajstić information content (AvgIpc) is 3.31. The molecule has 0 unspecified atom stereocenters. The van der Waals surface area contributed by atoms with Crippen LogP contribution in [-0.4, -0.2) is 40.3 Å². The van der Waals surface area contributed by atoms with Gasteiger partial charge in [0.15, 0.2) is 5.11 Å². The van der Waals surface area contributed by atoms with E-state index in [1.165, 1.54) is 11.1 Å². The number of thiocarbonyl (C=S) groups is 1. The van der Waals surface area contributed by atoms with Crippen molar-refractivity contribution < 1.29 is 9.47 Å². The highest BCUT2D eigenvalue weighted by atomic mass is 32.1. The molecule has 1 N–H and O–H groups in total. The number of nitrogens with one attached hydrogen (secondary N) is 1. The van der Waals surface area contributed by atoms with Gasteiger partial charge in [-0.05, 0) is 43.3 Å². The third-order valence-electron chi connectivity index (χ3n) is 5.11. The lowest BCUT2D eigenvalue weighted by Crippen LogP contribution is -2.39. The van der Waals surface area contributed by atoms with E-state index >= 15 is 0 Å². The third kappa shape index (κ3) is 6.72. The Kier molecular flexibility index (Phi) is 8.29. The molecule has 0 saturated heterocycles. The molecule has 3 rings (SSSR count). The van der Waals surface area contributed by atoms with Gasteiger partial charge < -0.3 is 24.3 Å². The molecule has 6 nitrogen and oxygen atoms in total. The van der Waals surface area contributed by atoms with Crippen LogP contribution in [0.15, 0.2) is 61.2 Å². The van der Waals surface area contributed by atoms with E-state index in [0.717, 1.165) is 41.7 Å². The first-order chi connectivity index (χ1) is 15.1. The van der Waals surface area contributed by atoms with Gasteiger partial charge in [-0.3, -0.25) is 0 Å². The van der Waals surface area contributed by atoms with Crippen LogP contribution in [0, 0.1) is 6.92 Å². The number of benzene rings is 2. The summed E-state index contributed by atoms with van der Waals surface area (Å²) in [6.07, 6.45) is 6.56. The molecule has 3 aromatic rings. The van der Waals surface area contributed by atoms with Crippen LogP contribution in [0.1, 0.15) is 23.1 Å². The summed E-state index contributed by atoms with van der Waals surface area (Å²) in [4.78, 5) is 6.30. The number of aryl methyl sites for hydroxylation is 2. The molecule has 7 heteroatoms. The molecule has 0 aliphatic carbocycles. The molecule has 0 aliphatic rings. The van der Waals surface area contributed by atoms with Crippen LogP contribution in [0.3, 0.4) is 0 Å². The summed E-state index contributed by atoms with van der Waals surface area (Å²) in [5.74, 6) is 1.56. The summed E-state index contributed by atoms with van der Waals surface area (Å²) in [6, 6.07) is 14.4. The molecule has 1 heterocycles. The van der Waals surface area contributed by atoms with Gasteiger partial charge in [0.2, 0.25) is 0 Å². The van der Waals surface area contributed by atoms with Crippen LogP contribution in [0.5, 0.6) is 11.5 Å². The second kappa shape index (κ2) is 11.4. The topological polar surface area (TPSA) is 51.5 Å². The number of nitrogens with zero attached hydrogens (tertiary/aromatic N) is 3. The van der Waals surface area contributed by atoms with Gasteiger partial charge in [-0.15, -0.1) is 0 Å². The van der Waals surface area contributed by atoms with E-state index in [1.54, 1.807) is 20.4 Å². The first-order valence-corrected chi connectivity index (χ1v) is 10.7. The lowest BCUT2D eigenvalue weighted by molar-refractivity contribution is 0.360. The van der Waals surface area contributed by atoms with Crippen molar-refractivity contribution in [3.05, 3.63) is 77.9 Å². The average molecular weight is 439 g/mol. The zero-order chi connectivity index (χ0) is 22.1. The summed E-state index contributed by atoms with van der Waals surface area (Å²) in [5, 5.41) is 4.14. The Hall–Kier alpha value is -3.06. The minimum atomic E-state index is 0.650. The van der Waals surface area contributed by atoms with E-state index in [0.29, 0.717) is 13.1 Å². The first kappa shape index (κ1) is 22.6. The van der Waals surface area contributed by atoms with E-state index in [4.69, 9.17) is 21.7 Å². The fraction of sp³-hybridized carbons (Fsp3) is 0.333. The van der Waals surface area contributed by atoms with Crippen LogP contribution in [0.4, 0.5) is 0 Å². The predicted molar refractivity (Wildman–Crippen MR) is 127 cm³/mol. The van der Waals surface area contributed by atoms with E-state index in [2.05, 4.69) is 51.0 Å². The van der Waals surface area contributed by atoms with Crippen LogP contribution in [-0.2, 0) is 19.6 Å². The van der Waals surface area contributed by atoms with Crippen molar-refractivity contribution in [3.8, 4) is 11.5 Å². The standard InChI is InChI=1S/C24H30N4O2S/c1-19-5-7-20(8-6-19)16-26-24(31)28(13-4-12-27-14-11-25-18-27)17-21-9-10-22(29-2)15-23(21)30-3/h5-11,14-15,18H,4,12-13,16-17H2,1-3H3,(H,26,31). The molecule has 0 atom stereocenters. The maximum Gasteiger partial charge on any atom is 0.169 e. The number of imidazole rings is 1. The van der Waals surface area contributed by atoms with Gasteiger partial charge in [0, 0.05) is 50.2 Å². The Morgan fingerprint density at radius 1 is 1.13 bits per heavy atom. The van der Waals surface area contributed by atoms with Crippen molar-refractivity contribution in [1.82, 2.24) is 19.8 Å². The first-order valence-electron chi connectivity index (χ1n) is 10.3. The lowest BCUT2D eigenvalue weighted by Gasteiger charge is -2.27. The molecule has 2 aromatic carbocycles. The van der Waals surface area contributed by atoms with Gasteiger partial charge in [0.05, 0.1) is 20.5 Å². The van der Waals surface area contributed by atoms with Gasteiger partial charge in [-0.25, -0.2) is 4.98 Å². The number of ether oxygens (including phenoxy) is 2. The zero-order valence-electron chi connectivity index (χ0n) is 18.4. The Bertz CT molecular complexity index is 958. The smallest absolute Gasteiger partial charge is 0.169 e. The maximum atomic E-state index is 5.77. The molecule has 0 spiro atoms. The number of methoxy groups -OCH3 is 2. The molecule has 164 valence electrons. The molecular formula is C24H30N4O2S. The minimum absolute atomic E-state index is 0.650. The summed E-state index contributed by atoms with van der Waals surface area (Å²) in [6.45, 7) is 5.13. The molecule has 1 aromatic heterocycles. The van der Waals surface area contributed by atoms with Gasteiger partial charge in [-0.1, -0.05) is 29.8 Å². The largest absolute Gasteiger partial charge is 0.497 e. The van der Waals surface area contributed by atoms with Gasteiger partial charge >= 0.3 is 0 Å². The monoisotopic (exact) mass is 438 g/mol. The predicted octanol–water partition coefficient (Wildman–Crippen LogP) is 4.18. The highest BCUT2D eigenvalue weighted by Gasteiger charge is 2.14. The number of aromatic nitrogens is 2. The van der Waals surface area contributed by atoms with Crippen molar-refractivity contribution in [3.63, 3.8) is 0 Å². The van der Waals surface area contributed by atoms with Crippen LogP contribution >= 0.6 is 12.2 Å². The molecule has 0 aliphatic heterocycles. The summed E-state index contributed by atoms with van der Waals surface area (Å²) < 4.78 is 13.0. The molecule has 0 bridgehead atoms. The van der Waals surface area contributed by atoms with Crippen LogP contribution in [0.2, 0.25) is 0 Å². The highest BCUT2D eigenvalue weighted by Crippen LogP contribution is 2.26. The Morgan fingerprint density at radius 3 is 2.61 bits per heavy atom. The van der Waals surface area contributed by atoms with Gasteiger partial charge in [0.25, 0.3) is 0 Å². The molecule has 0 saturated carbocycles. The SMILES string of the molecule is COc1ccc(CN(CCCn2ccnc2)C(=S)NCc2ccc(C)cc2)c(OC)c1. The summed E-state index contributed by atoms with van der Waals surface area (Å²) in [5.41, 5.74) is 3.51. The van der Waals surface area contributed by atoms with Crippen molar-refractivity contribution in [2.75, 3.05) is 20.8 Å². The molecule has 0 amide bonds. The van der Waals surface area contributed by atoms with E-state index in [9.17, 15) is 0 Å². The molecule has 0 radical (unpaired) electrons. The van der Waals surface area contributed by atoms with Crippen LogP contribution < -0.4 is 14.8 Å². The number of hydrogen-bond acceptors (Lipinski definition) is 4. The Balaban J connectivity index is 1.68. The minimum Gasteiger partial charge on any atom is -0.497 e. The normalized spacial score (nSPS) is 10.5. The summed E-state index contributed by atoms with van der Waals surface area (Å²) in [7, 11) is 3.33. The Morgan fingerprint density at radius 2 is 1.94 bits per heavy atom.